The topological polar surface area (TPSA) is 134 Å². The number of likely N-dealkylation sites (tertiary alicyclic amines) is 1. The fourth-order valence-corrected chi connectivity index (χ4v) is 7.00. The summed E-state index contributed by atoms with van der Waals surface area (Å²) in [7, 11) is -3.19. The van der Waals surface area contributed by atoms with Crippen molar-refractivity contribution in [3.63, 3.8) is 0 Å². The number of sulfonamides is 1. The molecule has 42 heavy (non-hydrogen) atoms. The smallest absolute Gasteiger partial charge is 0.407 e. The molecule has 230 valence electrons. The number of carboxylic acid groups (broad SMARTS) is 1. The minimum atomic E-state index is -4.97. The van der Waals surface area contributed by atoms with Crippen LogP contribution >= 0.6 is 0 Å². The Kier molecular flexibility index (Phi) is 9.68. The molecule has 10 nitrogen and oxygen atoms in total. The molecule has 0 saturated carbocycles. The van der Waals surface area contributed by atoms with E-state index in [0.29, 0.717) is 24.5 Å². The van der Waals surface area contributed by atoms with E-state index in [1.165, 1.54) is 0 Å². The lowest BCUT2D eigenvalue weighted by molar-refractivity contribution is -0.127. The lowest BCUT2D eigenvalue weighted by atomic mass is 9.69. The van der Waals surface area contributed by atoms with E-state index in [0.717, 1.165) is 28.9 Å². The summed E-state index contributed by atoms with van der Waals surface area (Å²) in [5.74, 6) is -2.34. The number of carbonyl (C=O) groups excluding carboxylic acids is 1. The number of unbranched alkanes of at least 4 members (excludes halogenated alkanes) is 1. The molecule has 2 atom stereocenters. The highest BCUT2D eigenvalue weighted by Gasteiger charge is 2.44. The highest BCUT2D eigenvalue weighted by Crippen LogP contribution is 2.50. The predicted molar refractivity (Wildman–Crippen MR) is 147 cm³/mol. The molecule has 0 aliphatic carbocycles. The number of amides is 2. The van der Waals surface area contributed by atoms with Crippen molar-refractivity contribution in [3.05, 3.63) is 59.7 Å². The molecule has 0 aromatic heterocycles. The van der Waals surface area contributed by atoms with Crippen LogP contribution in [0.15, 0.2) is 48.5 Å². The lowest BCUT2D eigenvalue weighted by Crippen LogP contribution is -2.56. The molecule has 0 radical (unpaired) electrons. The number of hydrogen-bond donors (Lipinski definition) is 3. The van der Waals surface area contributed by atoms with Crippen molar-refractivity contribution in [1.82, 2.24) is 14.9 Å². The number of rotatable bonds is 11. The van der Waals surface area contributed by atoms with Crippen LogP contribution in [0.5, 0.6) is 11.5 Å². The first-order chi connectivity index (χ1) is 19.8. The molecular weight excluding hydrogens is 579 g/mol. The zero-order valence-corrected chi connectivity index (χ0v) is 23.8. The third-order valence-corrected chi connectivity index (χ3v) is 8.98. The molecule has 2 aliphatic rings. The zero-order valence-electron chi connectivity index (χ0n) is 23.0. The zero-order chi connectivity index (χ0) is 30.5. The van der Waals surface area contributed by atoms with Crippen molar-refractivity contribution in [2.75, 3.05) is 39.1 Å². The Labute approximate surface area is 242 Å². The van der Waals surface area contributed by atoms with E-state index in [2.05, 4.69) is 5.32 Å². The fraction of sp³-hybridized carbons (Fsp3) is 0.500. The van der Waals surface area contributed by atoms with E-state index in [4.69, 9.17) is 9.47 Å². The SMILES string of the molecule is COCCCCC1(CNC(=O)[C@H]2C[C@@H](NS(=O)(=O)CC(F)(F)F)CN(C(=O)O)C2)c2ccccc2Oc2ccccc21. The fourth-order valence-electron chi connectivity index (χ4n) is 5.81. The minimum absolute atomic E-state index is 0.129. The maximum atomic E-state index is 13.6. The Hall–Kier alpha value is -3.36. The first-order valence-corrected chi connectivity index (χ1v) is 15.2. The molecule has 2 aromatic carbocycles. The molecule has 2 aromatic rings. The van der Waals surface area contributed by atoms with Gasteiger partial charge in [-0.25, -0.2) is 17.9 Å². The number of piperidine rings is 1. The second-order valence-corrected chi connectivity index (χ2v) is 12.4. The summed E-state index contributed by atoms with van der Waals surface area (Å²) >= 11 is 0. The average molecular weight is 614 g/mol. The van der Waals surface area contributed by atoms with Crippen molar-refractivity contribution in [3.8, 4) is 11.5 Å². The number of halogens is 3. The summed E-state index contributed by atoms with van der Waals surface area (Å²) in [5.41, 5.74) is 1.04. The molecule has 14 heteroatoms. The second kappa shape index (κ2) is 12.9. The van der Waals surface area contributed by atoms with Crippen molar-refractivity contribution < 1.29 is 45.8 Å². The monoisotopic (exact) mass is 613 g/mol. The van der Waals surface area contributed by atoms with Gasteiger partial charge in [-0.2, -0.15) is 13.2 Å². The average Bonchev–Trinajstić information content (AvgIpc) is 2.92. The van der Waals surface area contributed by atoms with Gasteiger partial charge >= 0.3 is 12.3 Å². The Morgan fingerprint density at radius 3 is 2.26 bits per heavy atom. The third-order valence-electron chi connectivity index (χ3n) is 7.58. The van der Waals surface area contributed by atoms with Crippen LogP contribution in [-0.4, -0.2) is 81.7 Å². The molecule has 2 heterocycles. The van der Waals surface area contributed by atoms with Gasteiger partial charge in [-0.3, -0.25) is 4.79 Å². The number of alkyl halides is 3. The van der Waals surface area contributed by atoms with Gasteiger partial charge in [-0.05, 0) is 37.8 Å². The van der Waals surface area contributed by atoms with E-state index in [-0.39, 0.29) is 26.1 Å². The number of carbonyl (C=O) groups is 2. The van der Waals surface area contributed by atoms with Crippen LogP contribution < -0.4 is 14.8 Å². The Balaban J connectivity index is 1.59. The van der Waals surface area contributed by atoms with Crippen molar-refractivity contribution in [1.29, 1.82) is 0 Å². The number of benzene rings is 2. The maximum absolute atomic E-state index is 13.6. The minimum Gasteiger partial charge on any atom is -0.465 e. The number of nitrogens with one attached hydrogen (secondary N) is 2. The Morgan fingerprint density at radius 2 is 1.69 bits per heavy atom. The van der Waals surface area contributed by atoms with Crippen LogP contribution in [0.25, 0.3) is 0 Å². The van der Waals surface area contributed by atoms with Crippen LogP contribution in [0.1, 0.15) is 36.8 Å². The summed E-state index contributed by atoms with van der Waals surface area (Å²) in [6.07, 6.45) is -4.39. The molecule has 2 amide bonds. The largest absolute Gasteiger partial charge is 0.465 e. The summed E-state index contributed by atoms with van der Waals surface area (Å²) in [5, 5.41) is 12.6. The molecule has 3 N–H and O–H groups in total. The molecular formula is C28H34F3N3O7S. The van der Waals surface area contributed by atoms with Gasteiger partial charge in [0.15, 0.2) is 5.75 Å². The van der Waals surface area contributed by atoms with Gasteiger partial charge in [0, 0.05) is 55.9 Å². The van der Waals surface area contributed by atoms with Crippen LogP contribution in [-0.2, 0) is 25.0 Å². The first-order valence-electron chi connectivity index (χ1n) is 13.5. The molecule has 0 spiro atoms. The van der Waals surface area contributed by atoms with Crippen molar-refractivity contribution in [2.24, 2.45) is 5.92 Å². The predicted octanol–water partition coefficient (Wildman–Crippen LogP) is 3.86. The molecule has 1 saturated heterocycles. The summed E-state index contributed by atoms with van der Waals surface area (Å²) in [6, 6.07) is 13.8. The summed E-state index contributed by atoms with van der Waals surface area (Å²) < 4.78 is 75.8. The first kappa shape index (κ1) is 31.6. The van der Waals surface area contributed by atoms with Crippen LogP contribution in [0.2, 0.25) is 0 Å². The van der Waals surface area contributed by atoms with E-state index in [9.17, 15) is 36.3 Å². The van der Waals surface area contributed by atoms with Gasteiger partial charge in [0.1, 0.15) is 11.5 Å². The number of methoxy groups -OCH3 is 1. The highest BCUT2D eigenvalue weighted by atomic mass is 32.2. The number of ether oxygens (including phenoxy) is 2. The normalized spacial score (nSPS) is 19.8. The number of para-hydroxylation sites is 2. The van der Waals surface area contributed by atoms with E-state index in [1.807, 2.05) is 53.3 Å². The number of hydrogen-bond acceptors (Lipinski definition) is 6. The van der Waals surface area contributed by atoms with Gasteiger partial charge in [0.25, 0.3) is 0 Å². The second-order valence-electron chi connectivity index (χ2n) is 10.7. The Bertz CT molecular complexity index is 1340. The van der Waals surface area contributed by atoms with Gasteiger partial charge < -0.3 is 24.8 Å². The van der Waals surface area contributed by atoms with E-state index in [1.54, 1.807) is 7.11 Å². The van der Waals surface area contributed by atoms with Crippen molar-refractivity contribution in [2.45, 2.75) is 43.3 Å². The van der Waals surface area contributed by atoms with Crippen molar-refractivity contribution >= 4 is 22.0 Å². The van der Waals surface area contributed by atoms with Crippen LogP contribution in [0.4, 0.5) is 18.0 Å². The highest BCUT2D eigenvalue weighted by molar-refractivity contribution is 7.89. The standard InChI is InChI=1S/C28H34F3N3O7S/c1-40-13-7-6-12-27(21-8-2-4-10-23(21)41-24-11-5-3-9-22(24)27)17-32-25(35)19-14-20(16-34(15-19)26(36)37)33-42(38,39)18-28(29,30)31/h2-5,8-11,19-20,33H,6-7,12-18H2,1H3,(H,32,35)(H,36,37)/t19-,20+/m0/s1. The van der Waals surface area contributed by atoms with Gasteiger partial charge in [-0.1, -0.05) is 36.4 Å². The summed E-state index contributed by atoms with van der Waals surface area (Å²) in [6.45, 7) is 0.0821. The molecule has 0 unspecified atom stereocenters. The molecule has 2 aliphatic heterocycles. The molecule has 1 fully saturated rings. The quantitative estimate of drug-likeness (QED) is 0.328. The van der Waals surface area contributed by atoms with Crippen LogP contribution in [0.3, 0.4) is 0 Å². The van der Waals surface area contributed by atoms with Gasteiger partial charge in [0.05, 0.1) is 5.92 Å². The number of fused-ring (bicyclic) bond motifs is 2. The van der Waals surface area contributed by atoms with E-state index < -0.39 is 51.3 Å². The maximum Gasteiger partial charge on any atom is 0.407 e. The Morgan fingerprint density at radius 1 is 1.07 bits per heavy atom. The van der Waals surface area contributed by atoms with Gasteiger partial charge in [0.2, 0.25) is 15.9 Å². The summed E-state index contributed by atoms with van der Waals surface area (Å²) in [4.78, 5) is 26.2. The van der Waals surface area contributed by atoms with E-state index >= 15 is 0 Å². The van der Waals surface area contributed by atoms with Gasteiger partial charge in [-0.15, -0.1) is 0 Å². The molecule has 4 rings (SSSR count). The van der Waals surface area contributed by atoms with Crippen LogP contribution in [0, 0.1) is 5.92 Å². The third kappa shape index (κ3) is 7.53. The number of nitrogens with zero attached hydrogens (tertiary/aromatic N) is 1. The molecule has 0 bridgehead atoms. The lowest BCUT2D eigenvalue weighted by Gasteiger charge is -2.41.